The summed E-state index contributed by atoms with van der Waals surface area (Å²) >= 11 is 3.16. The number of nitrogens with one attached hydrogen (secondary N) is 2. The van der Waals surface area contributed by atoms with Crippen molar-refractivity contribution in [3.8, 4) is 0 Å². The number of aromatic nitrogens is 2. The summed E-state index contributed by atoms with van der Waals surface area (Å²) in [5.41, 5.74) is 4.24. The zero-order valence-corrected chi connectivity index (χ0v) is 15.1. The van der Waals surface area contributed by atoms with Crippen LogP contribution in [0.2, 0.25) is 0 Å². The average Bonchev–Trinajstić information content (AvgIpc) is 3.06. The van der Waals surface area contributed by atoms with Crippen LogP contribution in [-0.4, -0.2) is 21.6 Å². The SMILES string of the molecule is Cn1nc(C(=O)NNC(=O)C=Cc2ccc(Br)o2)c2ccccc2c1=O. The van der Waals surface area contributed by atoms with Crippen LogP contribution in [0.3, 0.4) is 0 Å². The molecule has 132 valence electrons. The third kappa shape index (κ3) is 3.72. The lowest BCUT2D eigenvalue weighted by atomic mass is 10.1. The van der Waals surface area contributed by atoms with E-state index in [1.807, 2.05) is 0 Å². The maximum absolute atomic E-state index is 12.4. The lowest BCUT2D eigenvalue weighted by Gasteiger charge is -2.08. The van der Waals surface area contributed by atoms with Crippen molar-refractivity contribution in [3.63, 3.8) is 0 Å². The van der Waals surface area contributed by atoms with Crippen LogP contribution in [0.4, 0.5) is 0 Å². The number of nitrogens with zero attached hydrogens (tertiary/aromatic N) is 2. The van der Waals surface area contributed by atoms with Gasteiger partial charge >= 0.3 is 0 Å². The molecular formula is C17H13BrN4O4. The van der Waals surface area contributed by atoms with Gasteiger partial charge in [-0.25, -0.2) is 4.68 Å². The number of carbonyl (C=O) groups is 2. The summed E-state index contributed by atoms with van der Waals surface area (Å²) in [6.07, 6.45) is 2.66. The van der Waals surface area contributed by atoms with E-state index in [9.17, 15) is 14.4 Å². The summed E-state index contributed by atoms with van der Waals surface area (Å²) in [4.78, 5) is 36.2. The highest BCUT2D eigenvalue weighted by molar-refractivity contribution is 9.10. The molecule has 2 heterocycles. The molecule has 3 aromatic rings. The van der Waals surface area contributed by atoms with Crippen LogP contribution in [0.15, 0.2) is 56.4 Å². The Morgan fingerprint density at radius 2 is 1.88 bits per heavy atom. The van der Waals surface area contributed by atoms with Crippen LogP contribution in [0.5, 0.6) is 0 Å². The number of rotatable bonds is 3. The van der Waals surface area contributed by atoms with Gasteiger partial charge in [-0.15, -0.1) is 0 Å². The number of benzene rings is 1. The quantitative estimate of drug-likeness (QED) is 0.499. The van der Waals surface area contributed by atoms with Crippen LogP contribution in [-0.2, 0) is 11.8 Å². The van der Waals surface area contributed by atoms with Crippen LogP contribution in [0, 0.1) is 0 Å². The molecule has 0 saturated carbocycles. The molecule has 2 N–H and O–H groups in total. The molecule has 0 bridgehead atoms. The van der Waals surface area contributed by atoms with Crippen molar-refractivity contribution < 1.29 is 14.0 Å². The number of hydrogen-bond acceptors (Lipinski definition) is 5. The minimum atomic E-state index is -0.640. The monoisotopic (exact) mass is 416 g/mol. The fraction of sp³-hybridized carbons (Fsp3) is 0.0588. The van der Waals surface area contributed by atoms with E-state index < -0.39 is 11.8 Å². The second-order valence-electron chi connectivity index (χ2n) is 5.24. The fourth-order valence-corrected chi connectivity index (χ4v) is 2.58. The van der Waals surface area contributed by atoms with E-state index in [1.54, 1.807) is 36.4 Å². The van der Waals surface area contributed by atoms with Crippen molar-refractivity contribution in [3.05, 3.63) is 69.0 Å². The molecule has 0 fully saturated rings. The Bertz CT molecular complexity index is 1080. The maximum Gasteiger partial charge on any atom is 0.290 e. The average molecular weight is 417 g/mol. The van der Waals surface area contributed by atoms with Gasteiger partial charge in [-0.2, -0.15) is 5.10 Å². The van der Waals surface area contributed by atoms with Gasteiger partial charge in [0.1, 0.15) is 5.76 Å². The van der Waals surface area contributed by atoms with Gasteiger partial charge in [0, 0.05) is 18.5 Å². The standard InChI is InChI=1S/C17H13BrN4O4/c1-22-17(25)12-5-3-2-4-11(12)15(21-22)16(24)20-19-14(23)9-7-10-6-8-13(18)26-10/h2-9H,1H3,(H,19,23)(H,20,24). The molecule has 0 aliphatic carbocycles. The molecule has 2 aromatic heterocycles. The van der Waals surface area contributed by atoms with Gasteiger partial charge in [-0.3, -0.25) is 25.2 Å². The molecule has 26 heavy (non-hydrogen) atoms. The maximum atomic E-state index is 12.4. The number of fused-ring (bicyclic) bond motifs is 1. The normalized spacial score (nSPS) is 11.0. The predicted octanol–water partition coefficient (Wildman–Crippen LogP) is 1.76. The first-order chi connectivity index (χ1) is 12.5. The number of furan rings is 1. The lowest BCUT2D eigenvalue weighted by Crippen LogP contribution is -2.42. The van der Waals surface area contributed by atoms with Gasteiger partial charge in [0.15, 0.2) is 10.4 Å². The number of hydrogen-bond donors (Lipinski definition) is 2. The summed E-state index contributed by atoms with van der Waals surface area (Å²) < 4.78 is 6.84. The largest absolute Gasteiger partial charge is 0.450 e. The molecule has 0 aliphatic heterocycles. The molecule has 3 rings (SSSR count). The lowest BCUT2D eigenvalue weighted by molar-refractivity contribution is -0.117. The predicted molar refractivity (Wildman–Crippen MR) is 98.0 cm³/mol. The second-order valence-corrected chi connectivity index (χ2v) is 6.02. The summed E-state index contributed by atoms with van der Waals surface area (Å²) in [6, 6.07) is 9.99. The first kappa shape index (κ1) is 17.6. The van der Waals surface area contributed by atoms with E-state index in [0.29, 0.717) is 21.2 Å². The van der Waals surface area contributed by atoms with Crippen molar-refractivity contribution >= 4 is 44.6 Å². The number of hydrazine groups is 1. The zero-order chi connectivity index (χ0) is 18.7. The van der Waals surface area contributed by atoms with Crippen molar-refractivity contribution in [1.29, 1.82) is 0 Å². The molecule has 8 nitrogen and oxygen atoms in total. The zero-order valence-electron chi connectivity index (χ0n) is 13.5. The Hall–Kier alpha value is -3.20. The van der Waals surface area contributed by atoms with Gasteiger partial charge in [0.2, 0.25) is 0 Å². The Balaban J connectivity index is 1.73. The molecule has 0 radical (unpaired) electrons. The molecule has 1 aromatic carbocycles. The smallest absolute Gasteiger partial charge is 0.290 e. The van der Waals surface area contributed by atoms with Crippen molar-refractivity contribution in [2.45, 2.75) is 0 Å². The molecule has 9 heteroatoms. The van der Waals surface area contributed by atoms with Crippen LogP contribution >= 0.6 is 15.9 Å². The molecule has 0 saturated heterocycles. The van der Waals surface area contributed by atoms with Gasteiger partial charge in [-0.1, -0.05) is 18.2 Å². The molecule has 0 atom stereocenters. The first-order valence-corrected chi connectivity index (χ1v) is 8.25. The minimum Gasteiger partial charge on any atom is -0.450 e. The van der Waals surface area contributed by atoms with Crippen LogP contribution in [0.25, 0.3) is 16.8 Å². The number of carbonyl (C=O) groups excluding carboxylic acids is 2. The summed E-state index contributed by atoms with van der Waals surface area (Å²) in [5, 5.41) is 4.74. The van der Waals surface area contributed by atoms with Crippen LogP contribution < -0.4 is 16.4 Å². The van der Waals surface area contributed by atoms with E-state index in [1.165, 1.54) is 19.2 Å². The molecular weight excluding hydrogens is 404 g/mol. The summed E-state index contributed by atoms with van der Waals surface area (Å²) in [5.74, 6) is -0.719. The van der Waals surface area contributed by atoms with E-state index in [0.717, 1.165) is 4.68 Å². The van der Waals surface area contributed by atoms with Crippen molar-refractivity contribution in [2.75, 3.05) is 0 Å². The first-order valence-electron chi connectivity index (χ1n) is 7.45. The third-order valence-electron chi connectivity index (χ3n) is 3.46. The third-order valence-corrected chi connectivity index (χ3v) is 3.89. The van der Waals surface area contributed by atoms with E-state index in [2.05, 4.69) is 31.9 Å². The van der Waals surface area contributed by atoms with Gasteiger partial charge in [0.05, 0.1) is 5.39 Å². The number of halogens is 1. The number of amides is 2. The minimum absolute atomic E-state index is 0.0296. The molecule has 0 spiro atoms. The Morgan fingerprint density at radius 3 is 2.58 bits per heavy atom. The van der Waals surface area contributed by atoms with Gasteiger partial charge in [0.25, 0.3) is 17.4 Å². The summed E-state index contributed by atoms with van der Waals surface area (Å²) in [7, 11) is 1.45. The van der Waals surface area contributed by atoms with Gasteiger partial charge < -0.3 is 4.42 Å². The fourth-order valence-electron chi connectivity index (χ4n) is 2.26. The van der Waals surface area contributed by atoms with E-state index >= 15 is 0 Å². The molecule has 0 unspecified atom stereocenters. The van der Waals surface area contributed by atoms with Crippen molar-refractivity contribution in [1.82, 2.24) is 20.6 Å². The Labute approximate surface area is 155 Å². The Kier molecular flexibility index (Phi) is 4.99. The highest BCUT2D eigenvalue weighted by Gasteiger charge is 2.15. The molecule has 0 aliphatic rings. The highest BCUT2D eigenvalue weighted by atomic mass is 79.9. The Morgan fingerprint density at radius 1 is 1.15 bits per heavy atom. The van der Waals surface area contributed by atoms with Crippen molar-refractivity contribution in [2.24, 2.45) is 7.05 Å². The topological polar surface area (TPSA) is 106 Å². The van der Waals surface area contributed by atoms with E-state index in [-0.39, 0.29) is 11.3 Å². The second kappa shape index (κ2) is 7.36. The van der Waals surface area contributed by atoms with Crippen LogP contribution in [0.1, 0.15) is 16.2 Å². The van der Waals surface area contributed by atoms with Gasteiger partial charge in [-0.05, 0) is 40.2 Å². The number of aryl methyl sites for hydroxylation is 1. The molecule has 2 amide bonds. The summed E-state index contributed by atoms with van der Waals surface area (Å²) in [6.45, 7) is 0. The van der Waals surface area contributed by atoms with E-state index in [4.69, 9.17) is 4.42 Å². The highest BCUT2D eigenvalue weighted by Crippen LogP contribution is 2.15.